The maximum absolute atomic E-state index is 14.0. The summed E-state index contributed by atoms with van der Waals surface area (Å²) in [5, 5.41) is 0. The predicted octanol–water partition coefficient (Wildman–Crippen LogP) is 7.62. The zero-order chi connectivity index (χ0) is 33.3. The Hall–Kier alpha value is -3.35. The second-order valence-corrected chi connectivity index (χ2v) is 12.1. The minimum absolute atomic E-state index is 0.0620. The summed E-state index contributed by atoms with van der Waals surface area (Å²) in [5.74, 6) is -0.433. The molecule has 2 amide bonds. The summed E-state index contributed by atoms with van der Waals surface area (Å²) in [5.41, 5.74) is -1.89. The van der Waals surface area contributed by atoms with Crippen LogP contribution in [-0.4, -0.2) is 67.0 Å². The summed E-state index contributed by atoms with van der Waals surface area (Å²) >= 11 is 0. The zero-order valence-electron chi connectivity index (χ0n) is 25.6. The Morgan fingerprint density at radius 1 is 0.956 bits per heavy atom. The molecule has 45 heavy (non-hydrogen) atoms. The van der Waals surface area contributed by atoms with Crippen molar-refractivity contribution in [1.29, 1.82) is 0 Å². The number of rotatable bonds is 6. The Morgan fingerprint density at radius 2 is 1.56 bits per heavy atom. The molecule has 1 heterocycles. The highest BCUT2D eigenvalue weighted by Gasteiger charge is 2.40. The monoisotopic (exact) mass is 645 g/mol. The van der Waals surface area contributed by atoms with Gasteiger partial charge < -0.3 is 14.5 Å². The molecular weight excluding hydrogens is 607 g/mol. The lowest BCUT2D eigenvalue weighted by Gasteiger charge is -2.45. The van der Waals surface area contributed by atoms with E-state index in [0.29, 0.717) is 42.3 Å². The van der Waals surface area contributed by atoms with Crippen LogP contribution >= 0.6 is 0 Å². The van der Waals surface area contributed by atoms with Gasteiger partial charge in [0.1, 0.15) is 5.82 Å². The fourth-order valence-electron chi connectivity index (χ4n) is 6.44. The van der Waals surface area contributed by atoms with Gasteiger partial charge in [-0.15, -0.1) is 0 Å². The molecule has 248 valence electrons. The standard InChI is InChI=1S/C32H38F7N3O3/c1-19-13-26(33)9-10-27(19)28-18-41(17-21-5-7-22(8-6-21)29(43)45-4)11-12-42(28)30(44)40(3)20(2)23-14-24(31(34,35)36)16-25(15-23)32(37,38)39/h9-10,13-16,20-22,28H,5-8,11-12,17-18H2,1-4H3/t20-,21-,22+,28-/m1/s1. The van der Waals surface area contributed by atoms with Gasteiger partial charge in [-0.3, -0.25) is 9.69 Å². The van der Waals surface area contributed by atoms with Crippen molar-refractivity contribution in [1.82, 2.24) is 14.7 Å². The third-order valence-corrected chi connectivity index (χ3v) is 9.17. The number of piperazine rings is 1. The third kappa shape index (κ3) is 8.09. The van der Waals surface area contributed by atoms with Crippen LogP contribution in [0.3, 0.4) is 0 Å². The summed E-state index contributed by atoms with van der Waals surface area (Å²) in [6, 6.07) is 3.36. The molecule has 2 aliphatic rings. The second-order valence-electron chi connectivity index (χ2n) is 12.1. The van der Waals surface area contributed by atoms with Gasteiger partial charge in [0.2, 0.25) is 0 Å². The lowest BCUT2D eigenvalue weighted by atomic mass is 9.81. The first-order valence-electron chi connectivity index (χ1n) is 14.9. The highest BCUT2D eigenvalue weighted by Crippen LogP contribution is 2.39. The largest absolute Gasteiger partial charge is 0.469 e. The molecule has 0 unspecified atom stereocenters. The van der Waals surface area contributed by atoms with Crippen molar-refractivity contribution >= 4 is 12.0 Å². The normalized spacial score (nSPS) is 22.2. The van der Waals surface area contributed by atoms with Crippen molar-refractivity contribution < 1.29 is 45.1 Å². The van der Waals surface area contributed by atoms with E-state index in [0.717, 1.165) is 37.1 Å². The Morgan fingerprint density at radius 3 is 2.09 bits per heavy atom. The van der Waals surface area contributed by atoms with Gasteiger partial charge >= 0.3 is 24.4 Å². The van der Waals surface area contributed by atoms with Gasteiger partial charge in [-0.05, 0) is 92.5 Å². The van der Waals surface area contributed by atoms with E-state index >= 15 is 0 Å². The zero-order valence-corrected chi connectivity index (χ0v) is 25.6. The minimum atomic E-state index is -5.02. The summed E-state index contributed by atoms with van der Waals surface area (Å²) < 4.78 is 100. The first kappa shape index (κ1) is 34.5. The lowest BCUT2D eigenvalue weighted by Crippen LogP contribution is -2.54. The molecule has 0 N–H and O–H groups in total. The molecule has 0 spiro atoms. The Balaban J connectivity index is 1.57. The van der Waals surface area contributed by atoms with E-state index in [-0.39, 0.29) is 30.1 Å². The van der Waals surface area contributed by atoms with Gasteiger partial charge in [-0.1, -0.05) is 6.07 Å². The molecule has 2 aromatic carbocycles. The average Bonchev–Trinajstić information content (AvgIpc) is 2.99. The Labute approximate surface area is 258 Å². The van der Waals surface area contributed by atoms with E-state index in [1.54, 1.807) is 17.9 Å². The van der Waals surface area contributed by atoms with Crippen molar-refractivity contribution in [3.63, 3.8) is 0 Å². The number of ether oxygens (including phenoxy) is 1. The molecule has 1 saturated heterocycles. The third-order valence-electron chi connectivity index (χ3n) is 9.17. The first-order valence-corrected chi connectivity index (χ1v) is 14.9. The number of alkyl halides is 6. The molecule has 0 bridgehead atoms. The maximum atomic E-state index is 14.0. The number of amides is 2. The van der Waals surface area contributed by atoms with Crippen LogP contribution in [0.2, 0.25) is 0 Å². The molecule has 1 saturated carbocycles. The smallest absolute Gasteiger partial charge is 0.416 e. The van der Waals surface area contributed by atoms with E-state index < -0.39 is 47.4 Å². The van der Waals surface area contributed by atoms with Crippen molar-refractivity contribution in [3.8, 4) is 0 Å². The summed E-state index contributed by atoms with van der Waals surface area (Å²) in [6.07, 6.45) is -6.89. The molecule has 2 atom stereocenters. The van der Waals surface area contributed by atoms with E-state index in [2.05, 4.69) is 4.90 Å². The number of urea groups is 1. The van der Waals surface area contributed by atoms with Crippen LogP contribution in [0.15, 0.2) is 36.4 Å². The Bertz CT molecular complexity index is 1340. The van der Waals surface area contributed by atoms with Crippen LogP contribution in [0.25, 0.3) is 0 Å². The summed E-state index contributed by atoms with van der Waals surface area (Å²) in [6.45, 7) is 4.96. The van der Waals surface area contributed by atoms with Crippen molar-refractivity contribution in [3.05, 3.63) is 70.0 Å². The number of hydrogen-bond acceptors (Lipinski definition) is 4. The number of benzene rings is 2. The number of carbonyl (C=O) groups excluding carboxylic acids is 2. The van der Waals surface area contributed by atoms with E-state index in [9.17, 15) is 40.3 Å². The van der Waals surface area contributed by atoms with Crippen LogP contribution in [-0.2, 0) is 21.9 Å². The molecule has 4 rings (SSSR count). The highest BCUT2D eigenvalue weighted by atomic mass is 19.4. The van der Waals surface area contributed by atoms with Gasteiger partial charge in [0.05, 0.1) is 36.2 Å². The van der Waals surface area contributed by atoms with E-state index in [1.165, 1.54) is 33.2 Å². The number of esters is 1. The van der Waals surface area contributed by atoms with Crippen molar-refractivity contribution in [2.75, 3.05) is 40.3 Å². The SMILES string of the molecule is COC(=O)[C@H]1CC[C@@H](CN2CCN(C(=O)N(C)[C@H](C)c3cc(C(F)(F)F)cc(C(F)(F)F)c3)[C@@H](c3ccc(F)cc3C)C2)CC1. The van der Waals surface area contributed by atoms with Gasteiger partial charge in [0.25, 0.3) is 0 Å². The van der Waals surface area contributed by atoms with Gasteiger partial charge in [0, 0.05) is 33.2 Å². The van der Waals surface area contributed by atoms with Crippen LogP contribution in [0.1, 0.15) is 72.5 Å². The van der Waals surface area contributed by atoms with Crippen LogP contribution in [0, 0.1) is 24.6 Å². The molecule has 13 heteroatoms. The van der Waals surface area contributed by atoms with Crippen LogP contribution < -0.4 is 0 Å². The fourth-order valence-corrected chi connectivity index (χ4v) is 6.44. The minimum Gasteiger partial charge on any atom is -0.469 e. The average molecular weight is 646 g/mol. The molecule has 2 fully saturated rings. The molecule has 0 radical (unpaired) electrons. The fraction of sp³-hybridized carbons (Fsp3) is 0.562. The molecule has 1 aliphatic heterocycles. The number of nitrogens with zero attached hydrogens (tertiary/aromatic N) is 3. The number of hydrogen-bond donors (Lipinski definition) is 0. The van der Waals surface area contributed by atoms with Crippen LogP contribution in [0.4, 0.5) is 35.5 Å². The number of aryl methyl sites for hydroxylation is 1. The van der Waals surface area contributed by atoms with Gasteiger partial charge in [-0.25, -0.2) is 9.18 Å². The second kappa shape index (κ2) is 13.6. The first-order chi connectivity index (χ1) is 21.0. The molecule has 2 aromatic rings. The van der Waals surface area contributed by atoms with Crippen molar-refractivity contribution in [2.24, 2.45) is 11.8 Å². The molecule has 1 aliphatic carbocycles. The summed E-state index contributed by atoms with van der Waals surface area (Å²) in [4.78, 5) is 30.8. The summed E-state index contributed by atoms with van der Waals surface area (Å²) in [7, 11) is 2.73. The quantitative estimate of drug-likeness (QED) is 0.240. The van der Waals surface area contributed by atoms with Crippen LogP contribution in [0.5, 0.6) is 0 Å². The molecule has 0 aromatic heterocycles. The lowest BCUT2D eigenvalue weighted by molar-refractivity contribution is -0.147. The maximum Gasteiger partial charge on any atom is 0.416 e. The topological polar surface area (TPSA) is 53.1 Å². The van der Waals surface area contributed by atoms with Gasteiger partial charge in [0.15, 0.2) is 0 Å². The molecule has 6 nitrogen and oxygen atoms in total. The number of methoxy groups -OCH3 is 1. The molecular formula is C32H38F7N3O3. The van der Waals surface area contributed by atoms with E-state index in [1.807, 2.05) is 0 Å². The number of halogens is 7. The predicted molar refractivity (Wildman–Crippen MR) is 153 cm³/mol. The Kier molecular flexibility index (Phi) is 10.4. The highest BCUT2D eigenvalue weighted by molar-refractivity contribution is 5.75. The van der Waals surface area contributed by atoms with Crippen molar-refractivity contribution in [2.45, 2.75) is 64.0 Å². The van der Waals surface area contributed by atoms with E-state index in [4.69, 9.17) is 4.74 Å². The number of carbonyl (C=O) groups is 2. The van der Waals surface area contributed by atoms with Gasteiger partial charge in [-0.2, -0.15) is 26.3 Å².